The molecule has 188 valence electrons. The van der Waals surface area contributed by atoms with Crippen LogP contribution in [-0.4, -0.2) is 83.9 Å². The third-order valence-corrected chi connectivity index (χ3v) is 4.62. The molecule has 33 heavy (non-hydrogen) atoms. The van der Waals surface area contributed by atoms with Gasteiger partial charge in [0.05, 0.1) is 5.84 Å². The van der Waals surface area contributed by atoms with Crippen molar-refractivity contribution in [1.29, 1.82) is 0 Å². The number of carbonyl (C=O) groups excluding carboxylic acids is 4. The average molecular weight is 473 g/mol. The van der Waals surface area contributed by atoms with E-state index in [2.05, 4.69) is 4.99 Å². The lowest BCUT2D eigenvalue weighted by Crippen LogP contribution is -2.67. The minimum atomic E-state index is -1.22. The summed E-state index contributed by atoms with van der Waals surface area (Å²) in [5, 5.41) is 0. The second-order valence-electron chi connectivity index (χ2n) is 8.36. The molecule has 11 heteroatoms. The van der Waals surface area contributed by atoms with Crippen LogP contribution in [0.1, 0.15) is 62.3 Å². The number of ether oxygens (including phenoxy) is 5. The van der Waals surface area contributed by atoms with E-state index < -0.39 is 54.5 Å². The summed E-state index contributed by atoms with van der Waals surface area (Å²) in [6, 6.07) is -0.204. The van der Waals surface area contributed by atoms with Gasteiger partial charge in [0.15, 0.2) is 24.5 Å². The van der Waals surface area contributed by atoms with Gasteiger partial charge < -0.3 is 28.6 Å². The van der Waals surface area contributed by atoms with Crippen molar-refractivity contribution in [2.75, 3.05) is 6.61 Å². The summed E-state index contributed by atoms with van der Waals surface area (Å²) in [5.41, 5.74) is 0. The van der Waals surface area contributed by atoms with Crippen molar-refractivity contribution >= 4 is 29.7 Å². The monoisotopic (exact) mass is 472 g/mol. The maximum atomic E-state index is 12.0. The van der Waals surface area contributed by atoms with Crippen molar-refractivity contribution in [3.05, 3.63) is 0 Å². The summed E-state index contributed by atoms with van der Waals surface area (Å²) in [4.78, 5) is 53.7. The van der Waals surface area contributed by atoms with Gasteiger partial charge in [-0.05, 0) is 34.6 Å². The molecule has 0 aromatic carbocycles. The maximum absolute atomic E-state index is 12.0. The van der Waals surface area contributed by atoms with E-state index in [-0.39, 0.29) is 18.7 Å². The van der Waals surface area contributed by atoms with Crippen molar-refractivity contribution < 1.29 is 42.9 Å². The zero-order chi connectivity index (χ0) is 25.5. The molecule has 11 nitrogen and oxygen atoms in total. The molecule has 1 fully saturated rings. The summed E-state index contributed by atoms with van der Waals surface area (Å²) in [5.74, 6) is -1.97. The van der Waals surface area contributed by atoms with E-state index >= 15 is 0 Å². The van der Waals surface area contributed by atoms with Gasteiger partial charge in [0.1, 0.15) is 12.7 Å². The van der Waals surface area contributed by atoms with Gasteiger partial charge in [-0.3, -0.25) is 24.2 Å². The van der Waals surface area contributed by atoms with Gasteiger partial charge >= 0.3 is 23.9 Å². The van der Waals surface area contributed by atoms with Crippen LogP contribution in [0.5, 0.6) is 0 Å². The van der Waals surface area contributed by atoms with Crippen LogP contribution in [0, 0.1) is 0 Å². The average Bonchev–Trinajstić information content (AvgIpc) is 2.62. The quantitative estimate of drug-likeness (QED) is 0.222. The molecule has 1 aliphatic rings. The Morgan fingerprint density at radius 2 is 1.27 bits per heavy atom. The Balaban J connectivity index is 3.63. The predicted octanol–water partition coefficient (Wildman–Crippen LogP) is 1.61. The lowest BCUT2D eigenvalue weighted by atomic mass is 9.96. The molecule has 1 heterocycles. The van der Waals surface area contributed by atoms with Gasteiger partial charge in [-0.25, -0.2) is 0 Å². The first-order chi connectivity index (χ1) is 15.2. The van der Waals surface area contributed by atoms with Crippen LogP contribution in [0.2, 0.25) is 0 Å². The smallest absolute Gasteiger partial charge is 0.303 e. The van der Waals surface area contributed by atoms with E-state index in [1.807, 2.05) is 27.7 Å². The van der Waals surface area contributed by atoms with Gasteiger partial charge in [0.2, 0.25) is 0 Å². The largest absolute Gasteiger partial charge is 0.463 e. The second-order valence-corrected chi connectivity index (χ2v) is 8.36. The highest BCUT2D eigenvalue weighted by atomic mass is 16.7. The third-order valence-electron chi connectivity index (χ3n) is 4.62. The standard InChI is InChI=1S/C22H36N2O9/c1-11(2)23-13(5)24(12(3)4)22-21(32-17(9)28)20(31-16(8)27)19(30-15(7)26)18(33-22)10-29-14(6)25/h11-12,18-22H,10H2,1-9H3/t18-,19-,20+,21-,22-/m1/s1. The highest BCUT2D eigenvalue weighted by molar-refractivity contribution is 5.80. The Morgan fingerprint density at radius 1 is 0.788 bits per heavy atom. The molecule has 1 rings (SSSR count). The summed E-state index contributed by atoms with van der Waals surface area (Å²) in [6.45, 7) is 13.9. The van der Waals surface area contributed by atoms with E-state index in [9.17, 15) is 19.2 Å². The van der Waals surface area contributed by atoms with Crippen molar-refractivity contribution in [3.8, 4) is 0 Å². The topological polar surface area (TPSA) is 130 Å². The predicted molar refractivity (Wildman–Crippen MR) is 117 cm³/mol. The SMILES string of the molecule is CC(=O)OC[C@H]1O[C@@H](N(C(C)=NC(C)C)C(C)C)[C@H](OC(C)=O)[C@@H](OC(C)=O)[C@@H]1OC(C)=O. The Hall–Kier alpha value is -2.69. The van der Waals surface area contributed by atoms with E-state index in [1.165, 1.54) is 27.7 Å². The lowest BCUT2D eigenvalue weighted by molar-refractivity contribution is -0.273. The van der Waals surface area contributed by atoms with E-state index in [0.29, 0.717) is 5.84 Å². The molecule has 1 aliphatic heterocycles. The fourth-order valence-electron chi connectivity index (χ4n) is 3.72. The van der Waals surface area contributed by atoms with Crippen LogP contribution in [0.3, 0.4) is 0 Å². The molecular weight excluding hydrogens is 436 g/mol. The van der Waals surface area contributed by atoms with Gasteiger partial charge in [-0.1, -0.05) is 0 Å². The van der Waals surface area contributed by atoms with Gasteiger partial charge in [-0.2, -0.15) is 0 Å². The van der Waals surface area contributed by atoms with Gasteiger partial charge in [-0.15, -0.1) is 0 Å². The summed E-state index contributed by atoms with van der Waals surface area (Å²) >= 11 is 0. The number of hydrogen-bond acceptors (Lipinski definition) is 10. The number of amidine groups is 1. The molecule has 0 aliphatic carbocycles. The maximum Gasteiger partial charge on any atom is 0.303 e. The fraction of sp³-hybridized carbons (Fsp3) is 0.773. The summed E-state index contributed by atoms with van der Waals surface area (Å²) < 4.78 is 27.8. The molecule has 0 saturated carbocycles. The number of rotatable bonds is 8. The van der Waals surface area contributed by atoms with Gasteiger partial charge in [0.25, 0.3) is 0 Å². The molecule has 5 atom stereocenters. The Morgan fingerprint density at radius 3 is 1.70 bits per heavy atom. The zero-order valence-electron chi connectivity index (χ0n) is 20.8. The Labute approximate surface area is 194 Å². The number of carbonyl (C=O) groups is 4. The van der Waals surface area contributed by atoms with Crippen LogP contribution < -0.4 is 0 Å². The minimum absolute atomic E-state index is 0.0306. The molecule has 0 spiro atoms. The zero-order valence-corrected chi connectivity index (χ0v) is 20.8. The molecule has 1 saturated heterocycles. The van der Waals surface area contributed by atoms with Gasteiger partial charge in [0, 0.05) is 39.8 Å². The molecule has 0 amide bonds. The van der Waals surface area contributed by atoms with Crippen LogP contribution in [0.15, 0.2) is 4.99 Å². The molecule has 0 aromatic heterocycles. The number of aliphatic imine (C=N–C) groups is 1. The second kappa shape index (κ2) is 12.5. The van der Waals surface area contributed by atoms with Crippen LogP contribution >= 0.6 is 0 Å². The van der Waals surface area contributed by atoms with Crippen molar-refractivity contribution in [2.45, 2.75) is 105 Å². The Bertz CT molecular complexity index is 750. The highest BCUT2D eigenvalue weighted by Crippen LogP contribution is 2.32. The molecule has 0 N–H and O–H groups in total. The minimum Gasteiger partial charge on any atom is -0.463 e. The highest BCUT2D eigenvalue weighted by Gasteiger charge is 2.54. The third kappa shape index (κ3) is 8.64. The van der Waals surface area contributed by atoms with Crippen molar-refractivity contribution in [1.82, 2.24) is 4.90 Å². The lowest BCUT2D eigenvalue weighted by Gasteiger charge is -2.49. The van der Waals surface area contributed by atoms with E-state index in [4.69, 9.17) is 23.7 Å². The van der Waals surface area contributed by atoms with E-state index in [0.717, 1.165) is 0 Å². The van der Waals surface area contributed by atoms with Crippen LogP contribution in [0.25, 0.3) is 0 Å². The molecular formula is C22H36N2O9. The van der Waals surface area contributed by atoms with E-state index in [1.54, 1.807) is 11.8 Å². The number of nitrogens with zero attached hydrogens (tertiary/aromatic N) is 2. The molecule has 0 radical (unpaired) electrons. The number of hydrogen-bond donors (Lipinski definition) is 0. The van der Waals surface area contributed by atoms with Crippen LogP contribution in [-0.2, 0) is 42.9 Å². The van der Waals surface area contributed by atoms with Crippen molar-refractivity contribution in [3.63, 3.8) is 0 Å². The first kappa shape index (κ1) is 28.3. The normalized spacial score (nSPS) is 25.4. The summed E-state index contributed by atoms with van der Waals surface area (Å²) in [7, 11) is 0. The first-order valence-corrected chi connectivity index (χ1v) is 10.9. The number of esters is 4. The fourth-order valence-corrected chi connectivity index (χ4v) is 3.72. The molecule has 0 bridgehead atoms. The molecule has 0 aromatic rings. The Kier molecular flexibility index (Phi) is 10.8. The summed E-state index contributed by atoms with van der Waals surface area (Å²) in [6.07, 6.45) is -5.56. The van der Waals surface area contributed by atoms with Crippen molar-refractivity contribution in [2.24, 2.45) is 4.99 Å². The first-order valence-electron chi connectivity index (χ1n) is 10.9. The molecule has 0 unspecified atom stereocenters. The van der Waals surface area contributed by atoms with Crippen LogP contribution in [0.4, 0.5) is 0 Å².